The standard InChI is InChI=1S/C33H61NO8/c34-26-17-13-16-21-27(31(37)38)19-14-11-9-7-5-3-1-2-4-6-8-10-12-15-20-28(32(39)40)22-18-23-29(33(41)42)24-25-30(35)36/h27-29H,1-26,34H2,(H,35,36)(H,37,38)(H,39,40)(H,41,42). The largest absolute Gasteiger partial charge is 0.481 e. The predicted molar refractivity (Wildman–Crippen MR) is 165 cm³/mol. The highest BCUT2D eigenvalue weighted by molar-refractivity contribution is 5.72. The summed E-state index contributed by atoms with van der Waals surface area (Å²) < 4.78 is 0. The maximum Gasteiger partial charge on any atom is 0.306 e. The van der Waals surface area contributed by atoms with Gasteiger partial charge in [-0.15, -0.1) is 0 Å². The third kappa shape index (κ3) is 24.4. The van der Waals surface area contributed by atoms with Crippen LogP contribution in [0.15, 0.2) is 0 Å². The molecule has 246 valence electrons. The number of rotatable bonds is 32. The Morgan fingerprint density at radius 1 is 0.381 bits per heavy atom. The average Bonchev–Trinajstić information content (AvgIpc) is 2.93. The zero-order valence-corrected chi connectivity index (χ0v) is 26.1. The van der Waals surface area contributed by atoms with Crippen molar-refractivity contribution in [3.8, 4) is 0 Å². The Morgan fingerprint density at radius 3 is 0.929 bits per heavy atom. The van der Waals surface area contributed by atoms with Gasteiger partial charge in [-0.25, -0.2) is 0 Å². The van der Waals surface area contributed by atoms with Gasteiger partial charge in [0, 0.05) is 6.42 Å². The van der Waals surface area contributed by atoms with Crippen LogP contribution >= 0.6 is 0 Å². The van der Waals surface area contributed by atoms with Crippen LogP contribution in [0, 0.1) is 17.8 Å². The van der Waals surface area contributed by atoms with Crippen LogP contribution in [0.4, 0.5) is 0 Å². The lowest BCUT2D eigenvalue weighted by Crippen LogP contribution is -2.17. The summed E-state index contributed by atoms with van der Waals surface area (Å²) in [5.74, 6) is -4.89. The molecule has 0 radical (unpaired) electrons. The summed E-state index contributed by atoms with van der Waals surface area (Å²) in [6.07, 6.45) is 22.5. The van der Waals surface area contributed by atoms with E-state index in [0.29, 0.717) is 32.2 Å². The molecule has 3 unspecified atom stereocenters. The predicted octanol–water partition coefficient (Wildman–Crippen LogP) is 7.88. The van der Waals surface area contributed by atoms with E-state index < -0.39 is 35.7 Å². The Morgan fingerprint density at radius 2 is 0.643 bits per heavy atom. The lowest BCUT2D eigenvalue weighted by Gasteiger charge is -2.15. The van der Waals surface area contributed by atoms with Gasteiger partial charge in [-0.2, -0.15) is 0 Å². The molecular weight excluding hydrogens is 538 g/mol. The number of carboxylic acid groups (broad SMARTS) is 4. The van der Waals surface area contributed by atoms with Gasteiger partial charge in [-0.1, -0.05) is 109 Å². The lowest BCUT2D eigenvalue weighted by molar-refractivity contribution is -0.144. The maximum atomic E-state index is 11.6. The van der Waals surface area contributed by atoms with Crippen LogP contribution in [0.25, 0.3) is 0 Å². The third-order valence-electron chi connectivity index (χ3n) is 8.47. The first-order valence-corrected chi connectivity index (χ1v) is 16.8. The maximum absolute atomic E-state index is 11.6. The van der Waals surface area contributed by atoms with Gasteiger partial charge in [0.25, 0.3) is 0 Å². The van der Waals surface area contributed by atoms with Crippen molar-refractivity contribution in [2.75, 3.05) is 6.54 Å². The Kier molecular flexibility index (Phi) is 26.2. The number of aliphatic carboxylic acids is 4. The van der Waals surface area contributed by atoms with Crippen LogP contribution < -0.4 is 5.73 Å². The summed E-state index contributed by atoms with van der Waals surface area (Å²) in [5, 5.41) is 36.9. The van der Waals surface area contributed by atoms with E-state index in [-0.39, 0.29) is 18.8 Å². The SMILES string of the molecule is NCCCCCC(CCCCCCCCCCCCCCCCC(CCCC(CCC(=O)O)C(=O)O)C(=O)O)C(=O)O. The Bertz CT molecular complexity index is 714. The summed E-state index contributed by atoms with van der Waals surface area (Å²) in [4.78, 5) is 45.0. The zero-order chi connectivity index (χ0) is 31.4. The van der Waals surface area contributed by atoms with Crippen LogP contribution in [0.3, 0.4) is 0 Å². The van der Waals surface area contributed by atoms with Crippen LogP contribution in [-0.2, 0) is 19.2 Å². The fraction of sp³-hybridized carbons (Fsp3) is 0.879. The molecule has 0 heterocycles. The molecule has 0 aliphatic heterocycles. The van der Waals surface area contributed by atoms with Crippen molar-refractivity contribution < 1.29 is 39.6 Å². The van der Waals surface area contributed by atoms with Gasteiger partial charge in [-0.05, 0) is 51.5 Å². The summed E-state index contributed by atoms with van der Waals surface area (Å²) in [6, 6.07) is 0. The first kappa shape index (κ1) is 39.8. The monoisotopic (exact) mass is 599 g/mol. The second-order valence-electron chi connectivity index (χ2n) is 12.1. The quantitative estimate of drug-likeness (QED) is 0.0481. The molecule has 9 heteroatoms. The molecule has 42 heavy (non-hydrogen) atoms. The second-order valence-corrected chi connectivity index (χ2v) is 12.1. The van der Waals surface area contributed by atoms with Crippen molar-refractivity contribution in [3.63, 3.8) is 0 Å². The molecule has 0 saturated heterocycles. The molecule has 0 bridgehead atoms. The van der Waals surface area contributed by atoms with Gasteiger partial charge < -0.3 is 26.2 Å². The first-order chi connectivity index (χ1) is 20.2. The van der Waals surface area contributed by atoms with E-state index in [4.69, 9.17) is 10.8 Å². The zero-order valence-electron chi connectivity index (χ0n) is 26.1. The molecule has 0 saturated carbocycles. The molecule has 6 N–H and O–H groups in total. The van der Waals surface area contributed by atoms with E-state index in [1.54, 1.807) is 0 Å². The van der Waals surface area contributed by atoms with Crippen molar-refractivity contribution in [2.24, 2.45) is 23.5 Å². The van der Waals surface area contributed by atoms with E-state index in [2.05, 4.69) is 0 Å². The minimum Gasteiger partial charge on any atom is -0.481 e. The second kappa shape index (κ2) is 27.7. The molecule has 0 rings (SSSR count). The van der Waals surface area contributed by atoms with E-state index in [0.717, 1.165) is 64.2 Å². The molecule has 9 nitrogen and oxygen atoms in total. The van der Waals surface area contributed by atoms with Crippen molar-refractivity contribution in [3.05, 3.63) is 0 Å². The number of carboxylic acids is 4. The van der Waals surface area contributed by atoms with Gasteiger partial charge in [0.2, 0.25) is 0 Å². The Balaban J connectivity index is 3.67. The normalized spacial score (nSPS) is 13.5. The molecule has 0 aromatic heterocycles. The van der Waals surface area contributed by atoms with E-state index in [9.17, 15) is 34.5 Å². The third-order valence-corrected chi connectivity index (χ3v) is 8.47. The molecule has 0 aliphatic rings. The molecule has 0 fully saturated rings. The topological polar surface area (TPSA) is 175 Å². The summed E-state index contributed by atoms with van der Waals surface area (Å²) >= 11 is 0. The van der Waals surface area contributed by atoms with Crippen molar-refractivity contribution in [1.29, 1.82) is 0 Å². The number of carbonyl (C=O) groups is 4. The van der Waals surface area contributed by atoms with Crippen molar-refractivity contribution >= 4 is 23.9 Å². The highest BCUT2D eigenvalue weighted by Crippen LogP contribution is 2.23. The molecule has 0 amide bonds. The van der Waals surface area contributed by atoms with Gasteiger partial charge in [-0.3, -0.25) is 19.2 Å². The Hall–Kier alpha value is -2.16. The van der Waals surface area contributed by atoms with E-state index in [1.807, 2.05) is 0 Å². The fourth-order valence-electron chi connectivity index (χ4n) is 5.70. The van der Waals surface area contributed by atoms with Crippen LogP contribution in [0.2, 0.25) is 0 Å². The summed E-state index contributed by atoms with van der Waals surface area (Å²) in [6.45, 7) is 0.682. The molecule has 0 spiro atoms. The lowest BCUT2D eigenvalue weighted by atomic mass is 9.91. The Labute approximate surface area is 254 Å². The highest BCUT2D eigenvalue weighted by Gasteiger charge is 2.21. The van der Waals surface area contributed by atoms with E-state index >= 15 is 0 Å². The summed E-state index contributed by atoms with van der Waals surface area (Å²) in [5.41, 5.74) is 5.50. The first-order valence-electron chi connectivity index (χ1n) is 16.8. The highest BCUT2D eigenvalue weighted by atomic mass is 16.4. The van der Waals surface area contributed by atoms with Crippen molar-refractivity contribution in [2.45, 2.75) is 161 Å². The van der Waals surface area contributed by atoms with Crippen LogP contribution in [0.1, 0.15) is 161 Å². The van der Waals surface area contributed by atoms with Gasteiger partial charge >= 0.3 is 23.9 Å². The molecule has 0 aliphatic carbocycles. The number of nitrogens with two attached hydrogens (primary N) is 1. The average molecular weight is 600 g/mol. The van der Waals surface area contributed by atoms with Gasteiger partial charge in [0.1, 0.15) is 0 Å². The molecule has 3 atom stereocenters. The van der Waals surface area contributed by atoms with Gasteiger partial charge in [0.15, 0.2) is 0 Å². The molecule has 0 aromatic carbocycles. The fourth-order valence-corrected chi connectivity index (χ4v) is 5.70. The number of hydrogen-bond donors (Lipinski definition) is 5. The number of hydrogen-bond acceptors (Lipinski definition) is 5. The van der Waals surface area contributed by atoms with E-state index in [1.165, 1.54) is 57.8 Å². The molecular formula is C33H61NO8. The minimum atomic E-state index is -1.02. The van der Waals surface area contributed by atoms with Crippen LogP contribution in [0.5, 0.6) is 0 Å². The van der Waals surface area contributed by atoms with Gasteiger partial charge in [0.05, 0.1) is 17.8 Å². The smallest absolute Gasteiger partial charge is 0.306 e. The summed E-state index contributed by atoms with van der Waals surface area (Å²) in [7, 11) is 0. The number of unbranched alkanes of at least 4 members (excludes halogenated alkanes) is 15. The minimum absolute atomic E-state index is 0.0807. The van der Waals surface area contributed by atoms with Crippen LogP contribution in [-0.4, -0.2) is 50.8 Å². The van der Waals surface area contributed by atoms with Crippen molar-refractivity contribution in [1.82, 2.24) is 0 Å². The molecule has 0 aromatic rings.